The molecule has 1 aromatic heterocycles. The van der Waals surface area contributed by atoms with Crippen LogP contribution < -0.4 is 10.2 Å². The van der Waals surface area contributed by atoms with Crippen molar-refractivity contribution in [2.75, 3.05) is 4.90 Å². The van der Waals surface area contributed by atoms with Gasteiger partial charge in [-0.25, -0.2) is 0 Å². The summed E-state index contributed by atoms with van der Waals surface area (Å²) in [6.07, 6.45) is 1.61. The van der Waals surface area contributed by atoms with E-state index in [9.17, 15) is 9.59 Å². The number of halogens is 3. The van der Waals surface area contributed by atoms with Crippen molar-refractivity contribution in [2.45, 2.75) is 0 Å². The van der Waals surface area contributed by atoms with Gasteiger partial charge >= 0.3 is 0 Å². The lowest BCUT2D eigenvalue weighted by atomic mass is 10.0. The summed E-state index contributed by atoms with van der Waals surface area (Å²) in [6.45, 7) is 0. The van der Waals surface area contributed by atoms with Gasteiger partial charge in [-0.2, -0.15) is 0 Å². The molecule has 5 aromatic rings. The molecule has 206 valence electrons. The van der Waals surface area contributed by atoms with Crippen LogP contribution in [0.2, 0.25) is 10.0 Å². The molecule has 4 aromatic carbocycles. The second-order valence-electron chi connectivity index (χ2n) is 9.41. The van der Waals surface area contributed by atoms with Crippen molar-refractivity contribution in [3.63, 3.8) is 0 Å². The molecule has 1 aliphatic heterocycles. The molecule has 0 unspecified atom stereocenters. The largest absolute Gasteiger partial charge is 0.309 e. The van der Waals surface area contributed by atoms with Gasteiger partial charge in [0.25, 0.3) is 11.8 Å². The van der Waals surface area contributed by atoms with E-state index < -0.39 is 11.8 Å². The van der Waals surface area contributed by atoms with Crippen molar-refractivity contribution in [1.82, 2.24) is 9.88 Å². The van der Waals surface area contributed by atoms with Crippen molar-refractivity contribution in [2.24, 2.45) is 0 Å². The van der Waals surface area contributed by atoms with Crippen LogP contribution in [0, 0.1) is 0 Å². The smallest absolute Gasteiger partial charge is 0.270 e. The van der Waals surface area contributed by atoms with Gasteiger partial charge in [0, 0.05) is 15.7 Å². The first-order valence-corrected chi connectivity index (χ1v) is 14.8. The molecule has 42 heavy (non-hydrogen) atoms. The molecule has 5 nitrogen and oxygen atoms in total. The van der Waals surface area contributed by atoms with E-state index in [4.69, 9.17) is 35.4 Å². The predicted molar refractivity (Wildman–Crippen MR) is 177 cm³/mol. The van der Waals surface area contributed by atoms with Crippen molar-refractivity contribution in [3.05, 3.63) is 135 Å². The third-order valence-corrected chi connectivity index (χ3v) is 8.43. The van der Waals surface area contributed by atoms with Crippen molar-refractivity contribution in [3.8, 4) is 28.2 Å². The molecule has 0 aliphatic carbocycles. The van der Waals surface area contributed by atoms with E-state index in [0.29, 0.717) is 5.56 Å². The highest BCUT2D eigenvalue weighted by Crippen LogP contribution is 2.39. The van der Waals surface area contributed by atoms with E-state index in [-0.39, 0.29) is 26.4 Å². The van der Waals surface area contributed by atoms with Gasteiger partial charge < -0.3 is 4.57 Å². The average molecular weight is 673 g/mol. The Morgan fingerprint density at radius 1 is 0.786 bits per heavy atom. The Balaban J connectivity index is 1.60. The molecule has 1 saturated heterocycles. The van der Waals surface area contributed by atoms with Crippen LogP contribution in [0.25, 0.3) is 34.3 Å². The summed E-state index contributed by atoms with van der Waals surface area (Å²) in [5, 5.41) is 2.98. The standard InChI is InChI=1S/C33H20BrCl2N3O2S/c34-23-14-16-24(17-15-23)38-28(20-8-3-1-4-9-20)19-22(30(38)21-10-5-2-6-11-21)18-25-31(40)37-33(42)39(32(25)41)27-13-7-12-26(35)29(27)36/h1-19H,(H,37,40,42)/b25-18-. The Morgan fingerprint density at radius 3 is 2.10 bits per heavy atom. The van der Waals surface area contributed by atoms with Gasteiger partial charge in [0.1, 0.15) is 5.57 Å². The number of carbonyl (C=O) groups is 2. The molecule has 0 radical (unpaired) electrons. The molecule has 0 spiro atoms. The Morgan fingerprint density at radius 2 is 1.43 bits per heavy atom. The second kappa shape index (κ2) is 11.7. The molecule has 9 heteroatoms. The zero-order chi connectivity index (χ0) is 29.4. The summed E-state index contributed by atoms with van der Waals surface area (Å²) in [7, 11) is 0. The van der Waals surface area contributed by atoms with Gasteiger partial charge in [-0.3, -0.25) is 19.8 Å². The number of carbonyl (C=O) groups excluding carboxylic acids is 2. The normalized spacial score (nSPS) is 14.4. The Bertz CT molecular complexity index is 1890. The van der Waals surface area contributed by atoms with E-state index >= 15 is 0 Å². The molecule has 1 N–H and O–H groups in total. The maximum Gasteiger partial charge on any atom is 0.270 e. The summed E-state index contributed by atoms with van der Waals surface area (Å²) in [5.41, 5.74) is 5.34. The summed E-state index contributed by atoms with van der Waals surface area (Å²) in [6, 6.07) is 34.7. The second-order valence-corrected chi connectivity index (χ2v) is 11.5. The topological polar surface area (TPSA) is 54.3 Å². The quantitative estimate of drug-likeness (QED) is 0.115. The van der Waals surface area contributed by atoms with E-state index in [2.05, 4.69) is 25.8 Å². The van der Waals surface area contributed by atoms with Gasteiger partial charge in [-0.15, -0.1) is 0 Å². The molecule has 2 amide bonds. The van der Waals surface area contributed by atoms with Crippen LogP contribution in [-0.4, -0.2) is 21.5 Å². The predicted octanol–water partition coefficient (Wildman–Crippen LogP) is 8.71. The Hall–Kier alpha value is -4.01. The fourth-order valence-electron chi connectivity index (χ4n) is 4.91. The van der Waals surface area contributed by atoms with Gasteiger partial charge in [-0.05, 0) is 71.9 Å². The molecule has 6 rings (SSSR count). The molecule has 1 fully saturated rings. The molecule has 2 heterocycles. The number of benzene rings is 4. The van der Waals surface area contributed by atoms with Crippen LogP contribution >= 0.6 is 51.3 Å². The van der Waals surface area contributed by atoms with Crippen LogP contribution in [0.3, 0.4) is 0 Å². The summed E-state index contributed by atoms with van der Waals surface area (Å²) < 4.78 is 3.08. The highest BCUT2D eigenvalue weighted by Gasteiger charge is 2.36. The lowest BCUT2D eigenvalue weighted by Crippen LogP contribution is -2.54. The lowest BCUT2D eigenvalue weighted by molar-refractivity contribution is -0.122. The Labute approximate surface area is 266 Å². The molecule has 0 bridgehead atoms. The highest BCUT2D eigenvalue weighted by molar-refractivity contribution is 9.10. The third-order valence-electron chi connectivity index (χ3n) is 6.81. The molecular formula is C33H20BrCl2N3O2S. The van der Waals surface area contributed by atoms with Crippen LogP contribution in [0.15, 0.2) is 119 Å². The van der Waals surface area contributed by atoms with E-state index in [1.165, 1.54) is 4.90 Å². The van der Waals surface area contributed by atoms with Crippen molar-refractivity contribution in [1.29, 1.82) is 0 Å². The number of rotatable bonds is 5. The van der Waals surface area contributed by atoms with E-state index in [0.717, 1.165) is 32.7 Å². The zero-order valence-electron chi connectivity index (χ0n) is 21.7. The minimum Gasteiger partial charge on any atom is -0.309 e. The first kappa shape index (κ1) is 28.1. The number of aromatic nitrogens is 1. The molecule has 0 atom stereocenters. The number of thiocarbonyl (C=S) groups is 1. The van der Waals surface area contributed by atoms with Crippen LogP contribution in [0.1, 0.15) is 5.56 Å². The van der Waals surface area contributed by atoms with Crippen molar-refractivity contribution >= 4 is 80.0 Å². The van der Waals surface area contributed by atoms with E-state index in [1.807, 2.05) is 91.0 Å². The lowest BCUT2D eigenvalue weighted by Gasteiger charge is -2.29. The summed E-state index contributed by atoms with van der Waals surface area (Å²) in [5.74, 6) is -1.21. The van der Waals surface area contributed by atoms with Gasteiger partial charge in [0.2, 0.25) is 0 Å². The Kier molecular flexibility index (Phi) is 7.84. The first-order valence-electron chi connectivity index (χ1n) is 12.8. The minimum atomic E-state index is -0.607. The highest BCUT2D eigenvalue weighted by atomic mass is 79.9. The van der Waals surface area contributed by atoms with Crippen LogP contribution in [-0.2, 0) is 9.59 Å². The van der Waals surface area contributed by atoms with E-state index in [1.54, 1.807) is 24.3 Å². The average Bonchev–Trinajstić information content (AvgIpc) is 3.38. The molecular weight excluding hydrogens is 653 g/mol. The number of hydrogen-bond donors (Lipinski definition) is 1. The van der Waals surface area contributed by atoms with Gasteiger partial charge in [-0.1, -0.05) is 106 Å². The number of hydrogen-bond acceptors (Lipinski definition) is 3. The van der Waals surface area contributed by atoms with Crippen LogP contribution in [0.5, 0.6) is 0 Å². The number of nitrogens with one attached hydrogen (secondary N) is 1. The first-order chi connectivity index (χ1) is 20.3. The van der Waals surface area contributed by atoms with Gasteiger partial charge in [0.05, 0.1) is 27.1 Å². The fourth-order valence-corrected chi connectivity index (χ4v) is 5.83. The number of amides is 2. The summed E-state index contributed by atoms with van der Waals surface area (Å²) >= 11 is 21.6. The zero-order valence-corrected chi connectivity index (χ0v) is 25.6. The van der Waals surface area contributed by atoms with Crippen LogP contribution in [0.4, 0.5) is 5.69 Å². The number of nitrogens with zero attached hydrogens (tertiary/aromatic N) is 2. The third kappa shape index (κ3) is 5.21. The summed E-state index contributed by atoms with van der Waals surface area (Å²) in [4.78, 5) is 28.4. The maximum atomic E-state index is 13.9. The van der Waals surface area contributed by atoms with Crippen molar-refractivity contribution < 1.29 is 9.59 Å². The number of anilines is 1. The monoisotopic (exact) mass is 671 g/mol. The molecule has 0 saturated carbocycles. The molecule has 1 aliphatic rings. The van der Waals surface area contributed by atoms with Gasteiger partial charge in [0.15, 0.2) is 5.11 Å². The fraction of sp³-hybridized carbons (Fsp3) is 0. The maximum absolute atomic E-state index is 13.9. The SMILES string of the molecule is O=C1NC(=S)N(c2cccc(Cl)c2Cl)C(=O)/C1=C\c1cc(-c2ccccc2)n(-c2ccc(Br)cc2)c1-c1ccccc1. The minimum absolute atomic E-state index is 0.0768.